The lowest BCUT2D eigenvalue weighted by molar-refractivity contribution is -0.0232. The van der Waals surface area contributed by atoms with Crippen LogP contribution in [0, 0.1) is 5.92 Å². The first-order valence-corrected chi connectivity index (χ1v) is 10.5. The maximum absolute atomic E-state index is 10.1. The van der Waals surface area contributed by atoms with Gasteiger partial charge in [-0.2, -0.15) is 0 Å². The minimum atomic E-state index is -0.712. The van der Waals surface area contributed by atoms with Gasteiger partial charge in [0.05, 0.1) is 0 Å². The molecule has 0 saturated carbocycles. The van der Waals surface area contributed by atoms with Gasteiger partial charge in [0, 0.05) is 0 Å². The van der Waals surface area contributed by atoms with E-state index in [9.17, 15) is 5.11 Å². The molecule has 24 heavy (non-hydrogen) atoms. The Morgan fingerprint density at radius 3 is 1.42 bits per heavy atom. The lowest BCUT2D eigenvalue weighted by Crippen LogP contribution is -2.45. The minimum Gasteiger partial charge on any atom is -0.376 e. The highest BCUT2D eigenvalue weighted by Crippen LogP contribution is 2.20. The van der Waals surface area contributed by atoms with Gasteiger partial charge in [0.15, 0.2) is 0 Å². The van der Waals surface area contributed by atoms with E-state index in [0.29, 0.717) is 5.92 Å². The molecule has 2 unspecified atom stereocenters. The van der Waals surface area contributed by atoms with Crippen molar-refractivity contribution in [2.75, 3.05) is 7.05 Å². The average Bonchev–Trinajstić information content (AvgIpc) is 2.54. The molecule has 2 N–H and O–H groups in total. The standard InChI is InChI=1S/C21H45NO.ClH/c1-5-6-7-8-9-10-11-12-13-14-15-16-17-18-19-20(2)21(3,23)22-4;/h20,22-23H,5-19H2,1-4H3;1H. The van der Waals surface area contributed by atoms with Crippen molar-refractivity contribution in [2.45, 2.75) is 123 Å². The van der Waals surface area contributed by atoms with Gasteiger partial charge in [0.2, 0.25) is 0 Å². The molecule has 0 saturated heterocycles. The summed E-state index contributed by atoms with van der Waals surface area (Å²) in [6.45, 7) is 6.30. The number of nitrogens with one attached hydrogen (secondary N) is 1. The fourth-order valence-electron chi connectivity index (χ4n) is 3.17. The summed E-state index contributed by atoms with van der Waals surface area (Å²) in [5.74, 6) is 0.324. The zero-order valence-corrected chi connectivity index (χ0v) is 17.9. The largest absolute Gasteiger partial charge is 0.376 e. The normalized spacial score (nSPS) is 14.9. The summed E-state index contributed by atoms with van der Waals surface area (Å²) in [5, 5.41) is 13.1. The van der Waals surface area contributed by atoms with Crippen molar-refractivity contribution in [3.05, 3.63) is 0 Å². The molecule has 0 radical (unpaired) electrons. The number of hydrogen-bond donors (Lipinski definition) is 2. The van der Waals surface area contributed by atoms with E-state index in [-0.39, 0.29) is 12.4 Å². The molecular formula is C21H46ClNO. The number of hydrogen-bond acceptors (Lipinski definition) is 2. The van der Waals surface area contributed by atoms with Crippen LogP contribution in [0.15, 0.2) is 0 Å². The zero-order valence-electron chi connectivity index (χ0n) is 17.0. The minimum absolute atomic E-state index is 0. The third-order valence-electron chi connectivity index (χ3n) is 5.46. The summed E-state index contributed by atoms with van der Waals surface area (Å²) in [6, 6.07) is 0. The Labute approximate surface area is 159 Å². The summed E-state index contributed by atoms with van der Waals surface area (Å²) < 4.78 is 0. The van der Waals surface area contributed by atoms with E-state index in [1.165, 1.54) is 89.9 Å². The Balaban J connectivity index is 0. The van der Waals surface area contributed by atoms with Crippen molar-refractivity contribution in [1.82, 2.24) is 5.32 Å². The number of unbranched alkanes of at least 4 members (excludes halogenated alkanes) is 13. The molecule has 0 heterocycles. The van der Waals surface area contributed by atoms with Crippen LogP contribution in [0.1, 0.15) is 117 Å². The van der Waals surface area contributed by atoms with Crippen molar-refractivity contribution in [3.63, 3.8) is 0 Å². The number of rotatable bonds is 17. The highest BCUT2D eigenvalue weighted by molar-refractivity contribution is 5.85. The molecule has 0 aromatic carbocycles. The summed E-state index contributed by atoms with van der Waals surface area (Å²) in [4.78, 5) is 0. The van der Waals surface area contributed by atoms with Crippen LogP contribution in [0.5, 0.6) is 0 Å². The molecule has 0 aliphatic carbocycles. The van der Waals surface area contributed by atoms with Crippen LogP contribution in [-0.4, -0.2) is 17.9 Å². The van der Waals surface area contributed by atoms with E-state index < -0.39 is 5.72 Å². The van der Waals surface area contributed by atoms with Crippen molar-refractivity contribution in [1.29, 1.82) is 0 Å². The first-order chi connectivity index (χ1) is 11.0. The van der Waals surface area contributed by atoms with Crippen LogP contribution < -0.4 is 5.32 Å². The molecule has 148 valence electrons. The van der Waals surface area contributed by atoms with Gasteiger partial charge < -0.3 is 5.11 Å². The second kappa shape index (κ2) is 18.0. The van der Waals surface area contributed by atoms with Crippen molar-refractivity contribution in [3.8, 4) is 0 Å². The molecule has 3 heteroatoms. The van der Waals surface area contributed by atoms with Gasteiger partial charge in [-0.3, -0.25) is 5.32 Å². The maximum atomic E-state index is 10.1. The predicted molar refractivity (Wildman–Crippen MR) is 111 cm³/mol. The van der Waals surface area contributed by atoms with Crippen LogP contribution in [0.25, 0.3) is 0 Å². The molecule has 0 aliphatic heterocycles. The Bertz CT molecular complexity index is 246. The lowest BCUT2D eigenvalue weighted by atomic mass is 9.93. The van der Waals surface area contributed by atoms with Crippen LogP contribution in [0.2, 0.25) is 0 Å². The number of aliphatic hydroxyl groups is 1. The van der Waals surface area contributed by atoms with Gasteiger partial charge in [-0.15, -0.1) is 12.4 Å². The molecule has 0 bridgehead atoms. The first kappa shape index (κ1) is 26.4. The predicted octanol–water partition coefficient (Wildman–Crippen LogP) is 6.84. The van der Waals surface area contributed by atoms with Crippen molar-refractivity contribution in [2.24, 2.45) is 5.92 Å². The van der Waals surface area contributed by atoms with E-state index >= 15 is 0 Å². The summed E-state index contributed by atoms with van der Waals surface area (Å²) in [6.07, 6.45) is 20.8. The summed E-state index contributed by atoms with van der Waals surface area (Å²) in [7, 11) is 1.84. The van der Waals surface area contributed by atoms with Gasteiger partial charge in [0.25, 0.3) is 0 Å². The average molecular weight is 364 g/mol. The molecular weight excluding hydrogens is 318 g/mol. The van der Waals surface area contributed by atoms with E-state index in [4.69, 9.17) is 0 Å². The van der Waals surface area contributed by atoms with Crippen LogP contribution in [0.4, 0.5) is 0 Å². The van der Waals surface area contributed by atoms with Crippen LogP contribution in [-0.2, 0) is 0 Å². The van der Waals surface area contributed by atoms with Crippen LogP contribution in [0.3, 0.4) is 0 Å². The summed E-state index contributed by atoms with van der Waals surface area (Å²) in [5.41, 5.74) is -0.712. The van der Waals surface area contributed by atoms with E-state index in [1.54, 1.807) is 0 Å². The molecule has 0 fully saturated rings. The summed E-state index contributed by atoms with van der Waals surface area (Å²) >= 11 is 0. The van der Waals surface area contributed by atoms with Crippen molar-refractivity contribution >= 4 is 12.4 Å². The van der Waals surface area contributed by atoms with E-state index in [1.807, 2.05) is 14.0 Å². The third-order valence-corrected chi connectivity index (χ3v) is 5.46. The van der Waals surface area contributed by atoms with E-state index in [2.05, 4.69) is 19.2 Å². The molecule has 0 rings (SSSR count). The third kappa shape index (κ3) is 15.7. The maximum Gasteiger partial charge on any atom is 0.115 e. The lowest BCUT2D eigenvalue weighted by Gasteiger charge is -2.29. The number of halogens is 1. The Morgan fingerprint density at radius 2 is 1.08 bits per heavy atom. The fourth-order valence-corrected chi connectivity index (χ4v) is 3.17. The first-order valence-electron chi connectivity index (χ1n) is 10.5. The second-order valence-corrected chi connectivity index (χ2v) is 7.68. The van der Waals surface area contributed by atoms with Gasteiger partial charge in [-0.25, -0.2) is 0 Å². The van der Waals surface area contributed by atoms with E-state index in [0.717, 1.165) is 6.42 Å². The highest BCUT2D eigenvalue weighted by atomic mass is 35.5. The monoisotopic (exact) mass is 363 g/mol. The molecule has 0 spiro atoms. The Hall–Kier alpha value is 0.210. The quantitative estimate of drug-likeness (QED) is 0.219. The smallest absolute Gasteiger partial charge is 0.115 e. The van der Waals surface area contributed by atoms with Gasteiger partial charge in [-0.1, -0.05) is 104 Å². The second-order valence-electron chi connectivity index (χ2n) is 7.68. The Kier molecular flexibility index (Phi) is 19.8. The van der Waals surface area contributed by atoms with Gasteiger partial charge >= 0.3 is 0 Å². The van der Waals surface area contributed by atoms with Crippen molar-refractivity contribution < 1.29 is 5.11 Å². The zero-order chi connectivity index (χ0) is 17.4. The van der Waals surface area contributed by atoms with Crippen LogP contribution >= 0.6 is 12.4 Å². The fraction of sp³-hybridized carbons (Fsp3) is 1.00. The molecule has 2 nitrogen and oxygen atoms in total. The topological polar surface area (TPSA) is 32.3 Å². The molecule has 2 atom stereocenters. The van der Waals surface area contributed by atoms with Gasteiger partial charge in [-0.05, 0) is 26.3 Å². The molecule has 0 aromatic heterocycles. The Morgan fingerprint density at radius 1 is 0.750 bits per heavy atom. The molecule has 0 aromatic rings. The highest BCUT2D eigenvalue weighted by Gasteiger charge is 2.25. The molecule has 0 amide bonds. The van der Waals surface area contributed by atoms with Gasteiger partial charge in [0.1, 0.15) is 5.72 Å². The SMILES string of the molecule is CCCCCCCCCCCCCCCCC(C)C(C)(O)NC.Cl. The molecule has 0 aliphatic rings.